The van der Waals surface area contributed by atoms with Crippen LogP contribution in [-0.4, -0.2) is 74.9 Å². The number of phosphoric acid groups is 1. The van der Waals surface area contributed by atoms with Crippen LogP contribution in [0.25, 0.3) is 0 Å². The molecule has 0 bridgehead atoms. The van der Waals surface area contributed by atoms with E-state index in [9.17, 15) is 19.0 Å². The highest BCUT2D eigenvalue weighted by atomic mass is 31.2. The Morgan fingerprint density at radius 3 is 1.28 bits per heavy atom. The molecule has 0 aliphatic rings. The maximum Gasteiger partial charge on any atom is 0.472 e. The van der Waals surface area contributed by atoms with Crippen molar-refractivity contribution in [3.63, 3.8) is 0 Å². The van der Waals surface area contributed by atoms with Crippen LogP contribution < -0.4 is 0 Å². The second-order valence-corrected chi connectivity index (χ2v) is 21.0. The number of allylic oxidation sites excluding steroid dienone is 12. The molecule has 0 aromatic carbocycles. The fourth-order valence-electron chi connectivity index (χ4n) is 7.45. The first-order valence-electron chi connectivity index (χ1n) is 27.7. The molecule has 0 aromatic heterocycles. The summed E-state index contributed by atoms with van der Waals surface area (Å²) in [5.41, 5.74) is 0. The maximum atomic E-state index is 12.8. The number of esters is 2. The molecule has 9 nitrogen and oxygen atoms in total. The maximum absolute atomic E-state index is 12.8. The number of phosphoric ester groups is 1. The largest absolute Gasteiger partial charge is 0.472 e. The Morgan fingerprint density at radius 1 is 0.471 bits per heavy atom. The average Bonchev–Trinajstić information content (AvgIpc) is 3.30. The summed E-state index contributed by atoms with van der Waals surface area (Å²) in [6.07, 6.45) is 64.0. The van der Waals surface area contributed by atoms with Crippen molar-refractivity contribution in [2.24, 2.45) is 0 Å². The SMILES string of the molecule is CC/C=C\C/C=C\C/C=C\C/C=C\C/C=C\CCCCCC(=O)OC(COC(=O)CCCCCCCCCCCCCCC/C=C\CCCCCCCCCC)COP(=O)(O)OCC[N+](C)(C)C. The summed E-state index contributed by atoms with van der Waals surface area (Å²) < 4.78 is 34.5. The number of unbranched alkanes of at least 4 members (excludes halogenated alkanes) is 24. The van der Waals surface area contributed by atoms with Crippen molar-refractivity contribution in [3.8, 4) is 0 Å². The Morgan fingerprint density at radius 2 is 0.838 bits per heavy atom. The van der Waals surface area contributed by atoms with E-state index in [0.717, 1.165) is 70.6 Å². The van der Waals surface area contributed by atoms with Crippen molar-refractivity contribution in [3.05, 3.63) is 72.9 Å². The van der Waals surface area contributed by atoms with Crippen molar-refractivity contribution in [1.29, 1.82) is 0 Å². The first-order valence-corrected chi connectivity index (χ1v) is 29.2. The average molecular weight is 975 g/mol. The number of hydrogen-bond acceptors (Lipinski definition) is 7. The lowest BCUT2D eigenvalue weighted by Gasteiger charge is -2.24. The minimum Gasteiger partial charge on any atom is -0.462 e. The molecule has 0 fully saturated rings. The highest BCUT2D eigenvalue weighted by Crippen LogP contribution is 2.43. The van der Waals surface area contributed by atoms with Gasteiger partial charge in [0.15, 0.2) is 6.10 Å². The first kappa shape index (κ1) is 65.5. The summed E-state index contributed by atoms with van der Waals surface area (Å²) in [5, 5.41) is 0. The van der Waals surface area contributed by atoms with E-state index in [1.165, 1.54) is 128 Å². The minimum absolute atomic E-state index is 0.0222. The van der Waals surface area contributed by atoms with E-state index in [2.05, 4.69) is 86.8 Å². The third-order valence-corrected chi connectivity index (χ3v) is 12.7. The molecule has 0 aromatic rings. The molecular formula is C58H105NO8P+. The molecule has 2 unspecified atom stereocenters. The monoisotopic (exact) mass is 975 g/mol. The Balaban J connectivity index is 4.22. The smallest absolute Gasteiger partial charge is 0.462 e. The highest BCUT2D eigenvalue weighted by molar-refractivity contribution is 7.47. The zero-order valence-electron chi connectivity index (χ0n) is 44.6. The number of nitrogens with zero attached hydrogens (tertiary/aromatic N) is 1. The molecule has 0 saturated carbocycles. The molecule has 0 saturated heterocycles. The lowest BCUT2D eigenvalue weighted by atomic mass is 10.0. The topological polar surface area (TPSA) is 108 Å². The van der Waals surface area contributed by atoms with E-state index in [1.54, 1.807) is 0 Å². The van der Waals surface area contributed by atoms with Crippen LogP contribution in [-0.2, 0) is 32.7 Å². The van der Waals surface area contributed by atoms with E-state index in [0.29, 0.717) is 17.4 Å². The van der Waals surface area contributed by atoms with Gasteiger partial charge in [0.1, 0.15) is 19.8 Å². The van der Waals surface area contributed by atoms with E-state index in [-0.39, 0.29) is 32.0 Å². The third-order valence-electron chi connectivity index (χ3n) is 11.7. The van der Waals surface area contributed by atoms with E-state index < -0.39 is 26.5 Å². The van der Waals surface area contributed by atoms with Crippen molar-refractivity contribution >= 4 is 19.8 Å². The van der Waals surface area contributed by atoms with Crippen LogP contribution in [0.5, 0.6) is 0 Å². The van der Waals surface area contributed by atoms with Gasteiger partial charge in [-0.05, 0) is 83.5 Å². The van der Waals surface area contributed by atoms with E-state index in [1.807, 2.05) is 21.1 Å². The van der Waals surface area contributed by atoms with Crippen LogP contribution in [0.1, 0.15) is 232 Å². The minimum atomic E-state index is -4.40. The molecule has 0 amide bonds. The molecule has 394 valence electrons. The summed E-state index contributed by atoms with van der Waals surface area (Å²) in [6, 6.07) is 0. The predicted molar refractivity (Wildman–Crippen MR) is 289 cm³/mol. The molecule has 0 radical (unpaired) electrons. The molecule has 68 heavy (non-hydrogen) atoms. The number of ether oxygens (including phenoxy) is 2. The summed E-state index contributed by atoms with van der Waals surface area (Å²) >= 11 is 0. The van der Waals surface area contributed by atoms with E-state index >= 15 is 0 Å². The molecule has 0 rings (SSSR count). The Bertz CT molecular complexity index is 1380. The second-order valence-electron chi connectivity index (χ2n) is 19.6. The van der Waals surface area contributed by atoms with Gasteiger partial charge in [0.2, 0.25) is 0 Å². The number of quaternary nitrogens is 1. The summed E-state index contributed by atoms with van der Waals surface area (Å²) in [7, 11) is 1.45. The van der Waals surface area contributed by atoms with E-state index in [4.69, 9.17) is 18.5 Å². The molecule has 0 aliphatic carbocycles. The van der Waals surface area contributed by atoms with Gasteiger partial charge in [-0.1, -0.05) is 209 Å². The number of carbonyl (C=O) groups is 2. The standard InChI is InChI=1S/C58H104NO8P/c1-6-8-10-12-14-16-18-20-22-24-26-27-28-29-30-31-33-34-36-38-40-42-44-46-48-50-57(60)64-54-56(55-66-68(62,63)65-53-52-59(3,4)5)67-58(61)51-49-47-45-43-41-39-37-35-32-25-23-21-19-17-15-13-11-9-7-2/h9,11,15,17,21,23-24,26,32,35,39,41,56H,6-8,10,12-14,16,18-20,22,25,27-31,33-34,36-38,40,42-55H2,1-5H3/p+1/b11-9-,17-15-,23-21-,26-24-,35-32-,41-39-. The van der Waals surface area contributed by atoms with Crippen molar-refractivity contribution in [1.82, 2.24) is 0 Å². The molecule has 0 spiro atoms. The highest BCUT2D eigenvalue weighted by Gasteiger charge is 2.27. The zero-order valence-corrected chi connectivity index (χ0v) is 45.5. The lowest BCUT2D eigenvalue weighted by Crippen LogP contribution is -2.37. The van der Waals surface area contributed by atoms with Crippen molar-refractivity contribution < 1.29 is 42.1 Å². The van der Waals surface area contributed by atoms with Crippen molar-refractivity contribution in [2.75, 3.05) is 47.5 Å². The molecule has 1 N–H and O–H groups in total. The lowest BCUT2D eigenvalue weighted by molar-refractivity contribution is -0.870. The number of likely N-dealkylation sites (N-methyl/N-ethyl adjacent to an activating group) is 1. The third kappa shape index (κ3) is 52.8. The number of hydrogen-bond donors (Lipinski definition) is 1. The van der Waals surface area contributed by atoms with Gasteiger partial charge in [-0.25, -0.2) is 4.57 Å². The van der Waals surface area contributed by atoms with Crippen LogP contribution in [0, 0.1) is 0 Å². The zero-order chi connectivity index (χ0) is 49.9. The van der Waals surface area contributed by atoms with Gasteiger partial charge in [0.05, 0.1) is 27.7 Å². The Hall–Kier alpha value is -2.55. The molecule has 0 heterocycles. The summed E-state index contributed by atoms with van der Waals surface area (Å²) in [4.78, 5) is 35.6. The Labute approximate surface area is 418 Å². The van der Waals surface area contributed by atoms with Gasteiger partial charge in [-0.15, -0.1) is 0 Å². The van der Waals surface area contributed by atoms with Crippen LogP contribution in [0.3, 0.4) is 0 Å². The summed E-state index contributed by atoms with van der Waals surface area (Å²) in [5.74, 6) is -0.834. The predicted octanol–water partition coefficient (Wildman–Crippen LogP) is 16.9. The van der Waals surface area contributed by atoms with Gasteiger partial charge < -0.3 is 18.9 Å². The van der Waals surface area contributed by atoms with Gasteiger partial charge in [-0.2, -0.15) is 0 Å². The molecule has 0 aliphatic heterocycles. The van der Waals surface area contributed by atoms with Crippen LogP contribution in [0.15, 0.2) is 72.9 Å². The van der Waals surface area contributed by atoms with Crippen LogP contribution in [0.4, 0.5) is 0 Å². The quantitative estimate of drug-likeness (QED) is 0.0211. The molecule has 2 atom stereocenters. The number of carbonyl (C=O) groups excluding carboxylic acids is 2. The molecule has 10 heteroatoms. The number of rotatable bonds is 50. The molecular weight excluding hydrogens is 870 g/mol. The van der Waals surface area contributed by atoms with Gasteiger partial charge >= 0.3 is 19.8 Å². The summed E-state index contributed by atoms with van der Waals surface area (Å²) in [6.45, 7) is 4.29. The van der Waals surface area contributed by atoms with Crippen LogP contribution in [0.2, 0.25) is 0 Å². The normalized spacial score (nSPS) is 13.9. The van der Waals surface area contributed by atoms with Crippen molar-refractivity contribution in [2.45, 2.75) is 238 Å². The Kier molecular flexibility index (Phi) is 47.6. The van der Waals surface area contributed by atoms with Gasteiger partial charge in [0, 0.05) is 12.8 Å². The van der Waals surface area contributed by atoms with Gasteiger partial charge in [0.25, 0.3) is 0 Å². The fraction of sp³-hybridized carbons (Fsp3) is 0.759. The first-order chi connectivity index (χ1) is 33.0. The van der Waals surface area contributed by atoms with Crippen LogP contribution >= 0.6 is 7.82 Å². The second kappa shape index (κ2) is 49.4. The van der Waals surface area contributed by atoms with Gasteiger partial charge in [-0.3, -0.25) is 18.6 Å². The fourth-order valence-corrected chi connectivity index (χ4v) is 8.19.